The van der Waals surface area contributed by atoms with Crippen LogP contribution in [0.15, 0.2) is 0 Å². The third-order valence-electron chi connectivity index (χ3n) is 0. The predicted octanol–water partition coefficient (Wildman–Crippen LogP) is -0.00970. The van der Waals surface area contributed by atoms with Crippen molar-refractivity contribution in [1.29, 1.82) is 0 Å². The maximum Gasteiger partial charge on any atom is 0 e. The van der Waals surface area contributed by atoms with Crippen molar-refractivity contribution >= 4 is 40.5 Å². The molecule has 4 heavy (non-hydrogen) atoms. The van der Waals surface area contributed by atoms with Gasteiger partial charge in [-0.1, -0.05) is 0 Å². The molecule has 0 aromatic heterocycles. The Morgan fingerprint density at radius 3 is 0.500 bits per heavy atom. The monoisotopic (exact) mass is 151 g/mol. The summed E-state index contributed by atoms with van der Waals surface area (Å²) in [5.41, 5.74) is 0. The van der Waals surface area contributed by atoms with Gasteiger partial charge in [0, 0.05) is 17.1 Å². The van der Waals surface area contributed by atoms with Crippen LogP contribution < -0.4 is 0 Å². The summed E-state index contributed by atoms with van der Waals surface area (Å²) >= 11 is 0. The predicted molar refractivity (Wildman–Crippen MR) is 22.1 cm³/mol. The summed E-state index contributed by atoms with van der Waals surface area (Å²) in [6.45, 7) is 0. The van der Waals surface area contributed by atoms with Crippen LogP contribution in [0.1, 0.15) is 0 Å². The Morgan fingerprint density at radius 1 is 0.500 bits per heavy atom. The van der Waals surface area contributed by atoms with E-state index in [1.165, 1.54) is 0 Å². The molecule has 1 radical (unpaired) electrons. The van der Waals surface area contributed by atoms with Gasteiger partial charge in [0.1, 0.15) is 0 Å². The first-order valence-electron chi connectivity index (χ1n) is 0. The van der Waals surface area contributed by atoms with E-state index in [4.69, 9.17) is 0 Å². The Kier molecular flexibility index (Phi) is 279. The van der Waals surface area contributed by atoms with Gasteiger partial charge in [-0.25, -0.2) is 0 Å². The molecule has 0 N–H and O–H groups in total. The minimum absolute atomic E-state index is 0. The molecule has 0 saturated heterocycles. The molecule has 0 aromatic carbocycles. The third-order valence-corrected chi connectivity index (χ3v) is 0. The molecule has 0 nitrogen and oxygen atoms in total. The third kappa shape index (κ3) is 9.57. The molecular formula is MnS3-6. The minimum Gasteiger partial charge on any atom is -2.00 e. The van der Waals surface area contributed by atoms with Gasteiger partial charge in [0.2, 0.25) is 0 Å². The van der Waals surface area contributed by atoms with E-state index in [1.807, 2.05) is 0 Å². The molecule has 0 aliphatic carbocycles. The number of hydrogen-bond acceptors (Lipinski definition) is 0. The fraction of sp³-hybridized carbons (Fsp3) is 0. The summed E-state index contributed by atoms with van der Waals surface area (Å²) in [4.78, 5) is 0. The van der Waals surface area contributed by atoms with E-state index < -0.39 is 0 Å². The summed E-state index contributed by atoms with van der Waals surface area (Å²) in [6.07, 6.45) is 0. The Balaban J connectivity index is 0. The van der Waals surface area contributed by atoms with Gasteiger partial charge in [-0.15, -0.1) is 0 Å². The number of hydrogen-bond donors (Lipinski definition) is 0. The van der Waals surface area contributed by atoms with Crippen LogP contribution in [0.3, 0.4) is 0 Å². The second-order valence-corrected chi connectivity index (χ2v) is 0. The summed E-state index contributed by atoms with van der Waals surface area (Å²) in [7, 11) is 0. The molecule has 0 unspecified atom stereocenters. The van der Waals surface area contributed by atoms with Crippen LogP contribution in [-0.4, -0.2) is 0 Å². The molecule has 31 valence electrons. The van der Waals surface area contributed by atoms with Crippen molar-refractivity contribution in [1.82, 2.24) is 0 Å². The molecule has 0 heterocycles. The van der Waals surface area contributed by atoms with Gasteiger partial charge >= 0.3 is 0 Å². The molecule has 0 fully saturated rings. The molecule has 4 heteroatoms. The van der Waals surface area contributed by atoms with E-state index in [0.29, 0.717) is 0 Å². The Hall–Kier alpha value is 1.57. The van der Waals surface area contributed by atoms with Crippen LogP contribution in [0, 0.1) is 0 Å². The van der Waals surface area contributed by atoms with Gasteiger partial charge < -0.3 is 40.5 Å². The molecule has 0 aliphatic heterocycles. The van der Waals surface area contributed by atoms with Crippen LogP contribution in [0.25, 0.3) is 0 Å². The first-order valence-corrected chi connectivity index (χ1v) is 0. The Labute approximate surface area is 57.5 Å². The van der Waals surface area contributed by atoms with Crippen molar-refractivity contribution in [2.75, 3.05) is 0 Å². The zero-order valence-corrected chi connectivity index (χ0v) is 5.23. The van der Waals surface area contributed by atoms with Crippen LogP contribution in [-0.2, 0) is 57.6 Å². The quantitative estimate of drug-likeness (QED) is 0.427. The average Bonchev–Trinajstić information content (AvgIpc) is 0. The Bertz CT molecular complexity index is 3.25. The second kappa shape index (κ2) is 23.6. The first-order chi connectivity index (χ1) is 0. The van der Waals surface area contributed by atoms with Gasteiger partial charge in [0.15, 0.2) is 0 Å². The molecular weight excluding hydrogens is 151 g/mol. The molecule has 0 aliphatic rings. The molecule has 0 bridgehead atoms. The first kappa shape index (κ1) is 47.2. The zero-order valence-electron chi connectivity index (χ0n) is 1.60. The standard InChI is InChI=1S/Mn.3S/q;3*-2. The summed E-state index contributed by atoms with van der Waals surface area (Å²) in [6, 6.07) is 0. The zero-order chi connectivity index (χ0) is 0. The van der Waals surface area contributed by atoms with Gasteiger partial charge in [-0.2, -0.15) is 0 Å². The van der Waals surface area contributed by atoms with Crippen molar-refractivity contribution in [3.63, 3.8) is 0 Å². The second-order valence-electron chi connectivity index (χ2n) is 0. The van der Waals surface area contributed by atoms with Crippen LogP contribution >= 0.6 is 0 Å². The van der Waals surface area contributed by atoms with Gasteiger partial charge in [0.25, 0.3) is 0 Å². The van der Waals surface area contributed by atoms with Crippen molar-refractivity contribution < 1.29 is 17.1 Å². The molecule has 0 saturated carbocycles. The van der Waals surface area contributed by atoms with Gasteiger partial charge in [0.05, 0.1) is 0 Å². The smallest absolute Gasteiger partial charge is 0 e. The molecule has 0 amide bonds. The van der Waals surface area contributed by atoms with Crippen LogP contribution in [0.2, 0.25) is 0 Å². The van der Waals surface area contributed by atoms with Crippen molar-refractivity contribution in [3.8, 4) is 0 Å². The molecule has 0 atom stereocenters. The van der Waals surface area contributed by atoms with E-state index in [1.54, 1.807) is 0 Å². The largest absolute Gasteiger partial charge is 2.00 e. The summed E-state index contributed by atoms with van der Waals surface area (Å²) in [5, 5.41) is 0. The topological polar surface area (TPSA) is 0 Å². The summed E-state index contributed by atoms with van der Waals surface area (Å²) < 4.78 is 0. The van der Waals surface area contributed by atoms with E-state index in [0.717, 1.165) is 0 Å². The SMILES string of the molecule is [Mn].[S-2].[S-2].[S-2]. The fourth-order valence-electron chi connectivity index (χ4n) is 0. The van der Waals surface area contributed by atoms with E-state index >= 15 is 0 Å². The fourth-order valence-corrected chi connectivity index (χ4v) is 0. The minimum atomic E-state index is 0. The van der Waals surface area contributed by atoms with E-state index in [9.17, 15) is 0 Å². The maximum absolute atomic E-state index is 0. The normalized spacial score (nSPS) is 0. The van der Waals surface area contributed by atoms with Crippen molar-refractivity contribution in [3.05, 3.63) is 0 Å². The van der Waals surface area contributed by atoms with Gasteiger partial charge in [-0.3, -0.25) is 0 Å². The molecule has 0 rings (SSSR count). The molecule has 0 spiro atoms. The van der Waals surface area contributed by atoms with E-state index in [2.05, 4.69) is 0 Å². The summed E-state index contributed by atoms with van der Waals surface area (Å²) in [5.74, 6) is 0. The molecule has 0 aromatic rings. The van der Waals surface area contributed by atoms with E-state index in [-0.39, 0.29) is 57.6 Å². The number of rotatable bonds is 0. The van der Waals surface area contributed by atoms with Crippen molar-refractivity contribution in [2.24, 2.45) is 0 Å². The maximum atomic E-state index is 0. The van der Waals surface area contributed by atoms with Crippen LogP contribution in [0.4, 0.5) is 0 Å². The van der Waals surface area contributed by atoms with Gasteiger partial charge in [-0.05, 0) is 0 Å². The van der Waals surface area contributed by atoms with Crippen LogP contribution in [0.5, 0.6) is 0 Å². The average molecular weight is 151 g/mol. The Morgan fingerprint density at radius 2 is 0.500 bits per heavy atom. The van der Waals surface area contributed by atoms with Crippen molar-refractivity contribution in [2.45, 2.75) is 0 Å².